The molecule has 0 radical (unpaired) electrons. The lowest BCUT2D eigenvalue weighted by atomic mass is 10.1. The fourth-order valence-corrected chi connectivity index (χ4v) is 1.39. The number of hydrogen-bond acceptors (Lipinski definition) is 3. The number of rotatable bonds is 5. The van der Waals surface area contributed by atoms with Gasteiger partial charge in [-0.15, -0.1) is 0 Å². The second-order valence-corrected chi connectivity index (χ2v) is 3.49. The second-order valence-electron chi connectivity index (χ2n) is 3.49. The van der Waals surface area contributed by atoms with E-state index in [1.54, 1.807) is 12.1 Å². The number of aliphatic hydroxyl groups is 1. The largest absolute Gasteiger partial charge is 0.396 e. The van der Waals surface area contributed by atoms with Crippen LogP contribution in [0.3, 0.4) is 0 Å². The lowest BCUT2D eigenvalue weighted by Gasteiger charge is -2.14. The smallest absolute Gasteiger partial charge is 0.267 e. The van der Waals surface area contributed by atoms with Crippen LogP contribution in [-0.2, 0) is 0 Å². The van der Waals surface area contributed by atoms with Gasteiger partial charge in [-0.25, -0.2) is 0 Å². The Morgan fingerprint density at radius 3 is 2.94 bits per heavy atom. The zero-order valence-electron chi connectivity index (χ0n) is 9.16. The van der Waals surface area contributed by atoms with E-state index in [0.29, 0.717) is 17.8 Å². The minimum atomic E-state index is -0.248. The van der Waals surface area contributed by atoms with Crippen molar-refractivity contribution in [2.24, 2.45) is 0 Å². The molecule has 1 aromatic rings. The molecule has 1 amide bonds. The molecule has 1 rings (SSSR count). The summed E-state index contributed by atoms with van der Waals surface area (Å²) >= 11 is 0. The van der Waals surface area contributed by atoms with Crippen LogP contribution in [-0.4, -0.2) is 28.6 Å². The average molecular weight is 221 g/mol. The predicted molar refractivity (Wildman–Crippen MR) is 58.8 cm³/mol. The molecule has 0 aliphatic rings. The maximum atomic E-state index is 11.7. The number of nitrogens with one attached hydrogen (secondary N) is 2. The molecule has 16 heavy (non-hydrogen) atoms. The van der Waals surface area contributed by atoms with E-state index in [1.165, 1.54) is 0 Å². The van der Waals surface area contributed by atoms with E-state index < -0.39 is 0 Å². The lowest BCUT2D eigenvalue weighted by Crippen LogP contribution is -2.35. The summed E-state index contributed by atoms with van der Waals surface area (Å²) in [5, 5.41) is 20.2. The molecule has 0 aliphatic heterocycles. The van der Waals surface area contributed by atoms with Crippen molar-refractivity contribution in [2.45, 2.75) is 25.8 Å². The van der Waals surface area contributed by atoms with Crippen LogP contribution in [0.2, 0.25) is 0 Å². The first-order valence-electron chi connectivity index (χ1n) is 5.22. The Hall–Kier alpha value is -1.80. The standard InChI is InChI=1S/C11H15N3O2/c1-2-8(5-6-15)14-11(16)10-4-3-9(7-12)13-10/h3-4,8,13,15H,2,5-6H2,1H3,(H,14,16). The molecule has 0 saturated carbocycles. The molecular weight excluding hydrogens is 206 g/mol. The molecule has 0 bridgehead atoms. The molecule has 1 unspecified atom stereocenters. The van der Waals surface area contributed by atoms with Crippen molar-refractivity contribution in [3.8, 4) is 6.07 Å². The SMILES string of the molecule is CCC(CCO)NC(=O)c1ccc(C#N)[nH]1. The van der Waals surface area contributed by atoms with E-state index in [4.69, 9.17) is 10.4 Å². The molecule has 1 heterocycles. The number of carbonyl (C=O) groups is 1. The molecule has 1 aromatic heterocycles. The lowest BCUT2D eigenvalue weighted by molar-refractivity contribution is 0.0924. The minimum Gasteiger partial charge on any atom is -0.396 e. The first kappa shape index (κ1) is 12.3. The molecule has 0 aromatic carbocycles. The van der Waals surface area contributed by atoms with E-state index >= 15 is 0 Å². The number of nitriles is 1. The van der Waals surface area contributed by atoms with E-state index in [-0.39, 0.29) is 18.6 Å². The number of aliphatic hydroxyl groups excluding tert-OH is 1. The van der Waals surface area contributed by atoms with E-state index in [0.717, 1.165) is 6.42 Å². The van der Waals surface area contributed by atoms with Gasteiger partial charge in [-0.05, 0) is 25.0 Å². The van der Waals surface area contributed by atoms with Crippen LogP contribution in [0.15, 0.2) is 12.1 Å². The first-order valence-corrected chi connectivity index (χ1v) is 5.22. The molecule has 86 valence electrons. The summed E-state index contributed by atoms with van der Waals surface area (Å²) in [6, 6.07) is 5.01. The molecule has 5 nitrogen and oxygen atoms in total. The monoisotopic (exact) mass is 221 g/mol. The van der Waals surface area contributed by atoms with Crippen LogP contribution < -0.4 is 5.32 Å². The Bertz CT molecular complexity index is 392. The number of hydrogen-bond donors (Lipinski definition) is 3. The Labute approximate surface area is 94.1 Å². The predicted octanol–water partition coefficient (Wildman–Crippen LogP) is 0.777. The Morgan fingerprint density at radius 2 is 2.44 bits per heavy atom. The van der Waals surface area contributed by atoms with Crippen molar-refractivity contribution in [1.82, 2.24) is 10.3 Å². The molecule has 5 heteroatoms. The van der Waals surface area contributed by atoms with E-state index in [9.17, 15) is 4.79 Å². The molecule has 0 spiro atoms. The van der Waals surface area contributed by atoms with Gasteiger partial charge in [0, 0.05) is 12.6 Å². The number of nitrogens with zero attached hydrogens (tertiary/aromatic N) is 1. The maximum Gasteiger partial charge on any atom is 0.267 e. The van der Waals surface area contributed by atoms with Crippen molar-refractivity contribution in [1.29, 1.82) is 5.26 Å². The number of carbonyl (C=O) groups excluding carboxylic acids is 1. The molecule has 0 aliphatic carbocycles. The van der Waals surface area contributed by atoms with Gasteiger partial charge < -0.3 is 15.4 Å². The molecule has 3 N–H and O–H groups in total. The van der Waals surface area contributed by atoms with Crippen molar-refractivity contribution in [2.75, 3.05) is 6.61 Å². The second kappa shape index (κ2) is 5.93. The number of H-pyrrole nitrogens is 1. The summed E-state index contributed by atoms with van der Waals surface area (Å²) in [6.07, 6.45) is 1.30. The molecule has 1 atom stereocenters. The van der Waals surface area contributed by atoms with Crippen LogP contribution >= 0.6 is 0 Å². The van der Waals surface area contributed by atoms with E-state index in [2.05, 4.69) is 10.3 Å². The Morgan fingerprint density at radius 1 is 1.69 bits per heavy atom. The van der Waals surface area contributed by atoms with Crippen molar-refractivity contribution < 1.29 is 9.90 Å². The maximum absolute atomic E-state index is 11.7. The van der Waals surface area contributed by atoms with Crippen molar-refractivity contribution in [3.05, 3.63) is 23.5 Å². The quantitative estimate of drug-likeness (QED) is 0.686. The third-order valence-corrected chi connectivity index (χ3v) is 2.36. The summed E-state index contributed by atoms with van der Waals surface area (Å²) in [6.45, 7) is 1.99. The van der Waals surface area contributed by atoms with Crippen LogP contribution in [0, 0.1) is 11.3 Å². The van der Waals surface area contributed by atoms with E-state index in [1.807, 2.05) is 13.0 Å². The van der Waals surface area contributed by atoms with Gasteiger partial charge in [-0.2, -0.15) is 5.26 Å². The number of aromatic nitrogens is 1. The summed E-state index contributed by atoms with van der Waals surface area (Å²) in [4.78, 5) is 14.4. The van der Waals surface area contributed by atoms with Crippen molar-refractivity contribution in [3.63, 3.8) is 0 Å². The molecule has 0 saturated heterocycles. The fraction of sp³-hybridized carbons (Fsp3) is 0.455. The zero-order valence-corrected chi connectivity index (χ0v) is 9.16. The van der Waals surface area contributed by atoms with Gasteiger partial charge in [0.05, 0.1) is 0 Å². The van der Waals surface area contributed by atoms with Gasteiger partial charge in [-0.3, -0.25) is 4.79 Å². The van der Waals surface area contributed by atoms with Gasteiger partial charge in [-0.1, -0.05) is 6.92 Å². The highest BCUT2D eigenvalue weighted by atomic mass is 16.3. The molecular formula is C11H15N3O2. The zero-order chi connectivity index (χ0) is 12.0. The van der Waals surface area contributed by atoms with Crippen LogP contribution in [0.4, 0.5) is 0 Å². The average Bonchev–Trinajstić information content (AvgIpc) is 2.76. The van der Waals surface area contributed by atoms with Gasteiger partial charge in [0.15, 0.2) is 0 Å². The van der Waals surface area contributed by atoms with Crippen LogP contribution in [0.5, 0.6) is 0 Å². The van der Waals surface area contributed by atoms with Crippen LogP contribution in [0.25, 0.3) is 0 Å². The van der Waals surface area contributed by atoms with Crippen LogP contribution in [0.1, 0.15) is 35.9 Å². The normalized spacial score (nSPS) is 11.8. The minimum absolute atomic E-state index is 0.0358. The van der Waals surface area contributed by atoms with Gasteiger partial charge in [0.25, 0.3) is 5.91 Å². The third-order valence-electron chi connectivity index (χ3n) is 2.36. The highest BCUT2D eigenvalue weighted by Crippen LogP contribution is 2.03. The van der Waals surface area contributed by atoms with Crippen molar-refractivity contribution >= 4 is 5.91 Å². The first-order chi connectivity index (χ1) is 7.71. The van der Waals surface area contributed by atoms with Gasteiger partial charge in [0.1, 0.15) is 17.5 Å². The highest BCUT2D eigenvalue weighted by molar-refractivity contribution is 5.92. The Kier molecular flexibility index (Phi) is 4.55. The highest BCUT2D eigenvalue weighted by Gasteiger charge is 2.12. The fourth-order valence-electron chi connectivity index (χ4n) is 1.39. The summed E-state index contributed by atoms with van der Waals surface area (Å²) in [7, 11) is 0. The molecule has 0 fully saturated rings. The summed E-state index contributed by atoms with van der Waals surface area (Å²) < 4.78 is 0. The number of aromatic amines is 1. The Balaban J connectivity index is 2.61. The third kappa shape index (κ3) is 3.11. The van der Waals surface area contributed by atoms with Gasteiger partial charge >= 0.3 is 0 Å². The number of amides is 1. The summed E-state index contributed by atoms with van der Waals surface area (Å²) in [5.41, 5.74) is 0.730. The topological polar surface area (TPSA) is 88.9 Å². The summed E-state index contributed by atoms with van der Waals surface area (Å²) in [5.74, 6) is -0.248. The van der Waals surface area contributed by atoms with Gasteiger partial charge in [0.2, 0.25) is 0 Å².